The number of carbonyl (C=O) groups is 1. The van der Waals surface area contributed by atoms with Gasteiger partial charge in [-0.3, -0.25) is 4.79 Å². The van der Waals surface area contributed by atoms with E-state index in [9.17, 15) is 9.18 Å². The summed E-state index contributed by atoms with van der Waals surface area (Å²) in [7, 11) is 0. The lowest BCUT2D eigenvalue weighted by Gasteiger charge is -2.05. The fourth-order valence-electron chi connectivity index (χ4n) is 2.10. The lowest BCUT2D eigenvalue weighted by Crippen LogP contribution is -2.25. The summed E-state index contributed by atoms with van der Waals surface area (Å²) in [5.41, 5.74) is 1.49. The van der Waals surface area contributed by atoms with Gasteiger partial charge in [-0.25, -0.2) is 9.37 Å². The zero-order valence-electron chi connectivity index (χ0n) is 12.3. The van der Waals surface area contributed by atoms with Gasteiger partial charge in [0.2, 0.25) is 5.91 Å². The Morgan fingerprint density at radius 1 is 1.17 bits per heavy atom. The third-order valence-electron chi connectivity index (χ3n) is 3.23. The number of nitrogens with one attached hydrogen (secondary N) is 1. The van der Waals surface area contributed by atoms with Crippen LogP contribution in [0.15, 0.2) is 48.5 Å². The van der Waals surface area contributed by atoms with E-state index in [0.717, 1.165) is 15.2 Å². The molecule has 23 heavy (non-hydrogen) atoms. The predicted octanol–water partition coefficient (Wildman–Crippen LogP) is 3.99. The topological polar surface area (TPSA) is 42.0 Å². The van der Waals surface area contributed by atoms with Crippen molar-refractivity contribution in [1.29, 1.82) is 0 Å². The maximum Gasteiger partial charge on any atom is 0.230 e. The van der Waals surface area contributed by atoms with Gasteiger partial charge in [0, 0.05) is 17.9 Å². The molecule has 3 nitrogen and oxygen atoms in total. The Morgan fingerprint density at radius 3 is 2.78 bits per heavy atom. The number of fused-ring (bicyclic) bond motifs is 1. The van der Waals surface area contributed by atoms with E-state index < -0.39 is 0 Å². The van der Waals surface area contributed by atoms with E-state index in [0.29, 0.717) is 17.1 Å². The van der Waals surface area contributed by atoms with Crippen LogP contribution in [0.3, 0.4) is 0 Å². The van der Waals surface area contributed by atoms with Crippen molar-refractivity contribution in [3.05, 3.63) is 64.9 Å². The largest absolute Gasteiger partial charge is 0.351 e. The highest BCUT2D eigenvalue weighted by Crippen LogP contribution is 2.24. The van der Waals surface area contributed by atoms with Crippen LogP contribution in [-0.2, 0) is 17.1 Å². The molecule has 0 fully saturated rings. The number of thiazole rings is 1. The Hall–Kier alpha value is -1.92. The molecule has 2 aromatic carbocycles. The van der Waals surface area contributed by atoms with Crippen LogP contribution in [0.25, 0.3) is 10.2 Å². The van der Waals surface area contributed by atoms with Gasteiger partial charge in [0.1, 0.15) is 10.8 Å². The van der Waals surface area contributed by atoms with Crippen LogP contribution < -0.4 is 5.32 Å². The number of amides is 1. The molecule has 3 aromatic rings. The molecular weight excluding hydrogens is 331 g/mol. The van der Waals surface area contributed by atoms with Crippen molar-refractivity contribution in [2.45, 2.75) is 12.3 Å². The molecule has 0 saturated carbocycles. The fraction of sp³-hybridized carbons (Fsp3) is 0.176. The first kappa shape index (κ1) is 16.0. The minimum atomic E-state index is -0.296. The van der Waals surface area contributed by atoms with Gasteiger partial charge in [0.15, 0.2) is 0 Å². The molecule has 1 N–H and O–H groups in total. The standard InChI is InChI=1S/C17H15FN2OS2/c18-13-6-2-1-5-12(13)9-19-16(21)10-22-11-17-20-14-7-3-4-8-15(14)23-17/h1-8H,9-11H2,(H,19,21). The summed E-state index contributed by atoms with van der Waals surface area (Å²) >= 11 is 3.16. The van der Waals surface area contributed by atoms with Crippen molar-refractivity contribution in [3.8, 4) is 0 Å². The Labute approximate surface area is 141 Å². The Balaban J connectivity index is 1.45. The summed E-state index contributed by atoms with van der Waals surface area (Å²) < 4.78 is 14.6. The molecule has 3 rings (SSSR count). The van der Waals surface area contributed by atoms with Crippen LogP contribution >= 0.6 is 23.1 Å². The molecule has 118 valence electrons. The first-order valence-electron chi connectivity index (χ1n) is 7.14. The fourth-order valence-corrected chi connectivity index (χ4v) is 3.98. The van der Waals surface area contributed by atoms with Crippen LogP contribution in [0.2, 0.25) is 0 Å². The van der Waals surface area contributed by atoms with Crippen molar-refractivity contribution in [2.24, 2.45) is 0 Å². The average molecular weight is 346 g/mol. The Bertz CT molecular complexity index is 786. The lowest BCUT2D eigenvalue weighted by molar-refractivity contribution is -0.118. The zero-order valence-corrected chi connectivity index (χ0v) is 13.9. The minimum Gasteiger partial charge on any atom is -0.351 e. The first-order valence-corrected chi connectivity index (χ1v) is 9.12. The summed E-state index contributed by atoms with van der Waals surface area (Å²) in [6.07, 6.45) is 0. The van der Waals surface area contributed by atoms with Gasteiger partial charge in [-0.05, 0) is 18.2 Å². The third-order valence-corrected chi connectivity index (χ3v) is 5.39. The van der Waals surface area contributed by atoms with E-state index in [-0.39, 0.29) is 18.3 Å². The summed E-state index contributed by atoms with van der Waals surface area (Å²) in [6.45, 7) is 0.215. The van der Waals surface area contributed by atoms with Gasteiger partial charge in [-0.15, -0.1) is 23.1 Å². The molecule has 0 radical (unpaired) electrons. The van der Waals surface area contributed by atoms with Crippen molar-refractivity contribution in [3.63, 3.8) is 0 Å². The number of benzene rings is 2. The van der Waals surface area contributed by atoms with Gasteiger partial charge >= 0.3 is 0 Å². The molecule has 1 heterocycles. The summed E-state index contributed by atoms with van der Waals surface area (Å²) in [5, 5.41) is 3.75. The molecule has 0 aliphatic rings. The smallest absolute Gasteiger partial charge is 0.230 e. The van der Waals surface area contributed by atoms with Crippen molar-refractivity contribution in [2.75, 3.05) is 5.75 Å². The number of carbonyl (C=O) groups excluding carboxylic acids is 1. The second kappa shape index (κ2) is 7.57. The van der Waals surface area contributed by atoms with Crippen molar-refractivity contribution >= 4 is 39.2 Å². The molecular formula is C17H15FN2OS2. The highest BCUT2D eigenvalue weighted by molar-refractivity contribution is 7.99. The van der Waals surface area contributed by atoms with Crippen LogP contribution in [0.4, 0.5) is 4.39 Å². The van der Waals surface area contributed by atoms with E-state index in [1.807, 2.05) is 24.3 Å². The van der Waals surface area contributed by atoms with E-state index in [1.165, 1.54) is 17.8 Å². The summed E-state index contributed by atoms with van der Waals surface area (Å²) in [6, 6.07) is 14.4. The van der Waals surface area contributed by atoms with E-state index in [1.54, 1.807) is 29.5 Å². The normalized spacial score (nSPS) is 10.8. The van der Waals surface area contributed by atoms with Gasteiger partial charge < -0.3 is 5.32 Å². The van der Waals surface area contributed by atoms with Gasteiger partial charge in [-0.1, -0.05) is 30.3 Å². The van der Waals surface area contributed by atoms with E-state index in [2.05, 4.69) is 10.3 Å². The van der Waals surface area contributed by atoms with E-state index >= 15 is 0 Å². The zero-order chi connectivity index (χ0) is 16.1. The van der Waals surface area contributed by atoms with Gasteiger partial charge in [0.25, 0.3) is 0 Å². The van der Waals surface area contributed by atoms with Gasteiger partial charge in [0.05, 0.1) is 16.0 Å². The second-order valence-corrected chi connectivity index (χ2v) is 7.04. The lowest BCUT2D eigenvalue weighted by atomic mass is 10.2. The molecule has 1 amide bonds. The highest BCUT2D eigenvalue weighted by atomic mass is 32.2. The highest BCUT2D eigenvalue weighted by Gasteiger charge is 2.07. The molecule has 0 aliphatic heterocycles. The number of rotatable bonds is 6. The van der Waals surface area contributed by atoms with Crippen molar-refractivity contribution < 1.29 is 9.18 Å². The van der Waals surface area contributed by atoms with Crippen LogP contribution in [-0.4, -0.2) is 16.6 Å². The quantitative estimate of drug-likeness (QED) is 0.734. The average Bonchev–Trinajstić information content (AvgIpc) is 2.97. The summed E-state index contributed by atoms with van der Waals surface area (Å²) in [4.78, 5) is 16.3. The molecule has 0 bridgehead atoms. The molecule has 1 aromatic heterocycles. The Morgan fingerprint density at radius 2 is 1.96 bits per heavy atom. The van der Waals surface area contributed by atoms with Crippen LogP contribution in [0, 0.1) is 5.82 Å². The van der Waals surface area contributed by atoms with Crippen LogP contribution in [0.1, 0.15) is 10.6 Å². The van der Waals surface area contributed by atoms with Crippen molar-refractivity contribution in [1.82, 2.24) is 10.3 Å². The first-order chi connectivity index (χ1) is 11.2. The molecule has 0 spiro atoms. The third kappa shape index (κ3) is 4.30. The molecule has 6 heteroatoms. The maximum absolute atomic E-state index is 13.5. The number of halogens is 1. The predicted molar refractivity (Wildman–Crippen MR) is 94.0 cm³/mol. The molecule has 0 atom stereocenters. The number of hydrogen-bond donors (Lipinski definition) is 1. The van der Waals surface area contributed by atoms with E-state index in [4.69, 9.17) is 0 Å². The molecule has 0 unspecified atom stereocenters. The minimum absolute atomic E-state index is 0.0978. The maximum atomic E-state index is 13.5. The number of aromatic nitrogens is 1. The summed E-state index contributed by atoms with van der Waals surface area (Å²) in [5.74, 6) is 0.644. The number of hydrogen-bond acceptors (Lipinski definition) is 4. The number of nitrogens with zero attached hydrogens (tertiary/aromatic N) is 1. The number of thioether (sulfide) groups is 1. The molecule has 0 aliphatic carbocycles. The van der Waals surface area contributed by atoms with Gasteiger partial charge in [-0.2, -0.15) is 0 Å². The number of para-hydroxylation sites is 1. The SMILES string of the molecule is O=C(CSCc1nc2ccccc2s1)NCc1ccccc1F. The second-order valence-electron chi connectivity index (χ2n) is 4.94. The van der Waals surface area contributed by atoms with Crippen LogP contribution in [0.5, 0.6) is 0 Å². The molecule has 0 saturated heterocycles. The Kier molecular flexibility index (Phi) is 5.25. The monoisotopic (exact) mass is 346 g/mol.